The largest absolute Gasteiger partial charge is 0.505 e. The average Bonchev–Trinajstić information content (AvgIpc) is 3.70. The maximum Gasteiger partial charge on any atom is 0.455 e. The SMILES string of the molecule is O=C1[C@@H]2[C@@H](CC(COc3ccccc3)=C3[C@@H](CC/C(=C/c4ccc(O)c(F)c4)c4ccccn4)OB(O)C[C@@H]32)C(=O)N1Cc1cccs1. The summed E-state index contributed by atoms with van der Waals surface area (Å²) in [6, 6.07) is 23.0. The maximum absolute atomic E-state index is 14.3. The predicted molar refractivity (Wildman–Crippen MR) is 181 cm³/mol. The van der Waals surface area contributed by atoms with Crippen molar-refractivity contribution in [3.05, 3.63) is 124 Å². The van der Waals surface area contributed by atoms with Crippen LogP contribution < -0.4 is 4.74 Å². The Kier molecular flexibility index (Phi) is 9.25. The molecule has 4 atom stereocenters. The molecular formula is C37H34BFN2O6S. The van der Waals surface area contributed by atoms with Crippen molar-refractivity contribution in [2.24, 2.45) is 17.8 Å². The number of phenols is 1. The highest BCUT2D eigenvalue weighted by Crippen LogP contribution is 2.51. The molecule has 0 bridgehead atoms. The minimum atomic E-state index is -1.12. The Morgan fingerprint density at radius 3 is 2.65 bits per heavy atom. The molecule has 4 aromatic rings. The molecule has 4 heterocycles. The van der Waals surface area contributed by atoms with Crippen LogP contribution in [-0.2, 0) is 20.8 Å². The average molecular weight is 665 g/mol. The standard InChI is InChI=1S/C37H34BFN2O6S/c39-30-18-23(11-13-32(30)42)17-24(31-10-4-5-15-40-31)12-14-33-34-25(22-46-26-7-2-1-3-8-26)19-28-35(29(34)20-38(45)47-33)37(44)41(36(28)43)21-27-9-6-16-48-27/h1-11,13,15-18,28-29,33,35,42,45H,12,14,19-22H2/b24-17-/t28-,29+,33-,35-/m1/s1. The smallest absolute Gasteiger partial charge is 0.455 e. The first-order chi connectivity index (χ1) is 23.4. The number of fused-ring (bicyclic) bond motifs is 3. The van der Waals surface area contributed by atoms with E-state index in [1.165, 1.54) is 28.4 Å². The van der Waals surface area contributed by atoms with E-state index >= 15 is 0 Å². The van der Waals surface area contributed by atoms with Crippen molar-refractivity contribution in [1.29, 1.82) is 0 Å². The van der Waals surface area contributed by atoms with Gasteiger partial charge in [-0.2, -0.15) is 0 Å². The van der Waals surface area contributed by atoms with Crippen LogP contribution in [0.4, 0.5) is 4.39 Å². The molecule has 2 saturated heterocycles. The molecule has 2 N–H and O–H groups in total. The molecule has 48 heavy (non-hydrogen) atoms. The van der Waals surface area contributed by atoms with Crippen molar-refractivity contribution in [3.63, 3.8) is 0 Å². The lowest BCUT2D eigenvalue weighted by Gasteiger charge is -2.43. The van der Waals surface area contributed by atoms with Gasteiger partial charge in [-0.1, -0.05) is 36.4 Å². The Balaban J connectivity index is 1.22. The van der Waals surface area contributed by atoms with Gasteiger partial charge in [-0.05, 0) is 108 Å². The monoisotopic (exact) mass is 664 g/mol. The third-order valence-corrected chi connectivity index (χ3v) is 10.3. The Hall–Kier alpha value is -4.58. The van der Waals surface area contributed by atoms with Gasteiger partial charge in [0.15, 0.2) is 11.6 Å². The third kappa shape index (κ3) is 6.58. The topological polar surface area (TPSA) is 109 Å². The van der Waals surface area contributed by atoms with Crippen molar-refractivity contribution in [2.75, 3.05) is 6.61 Å². The van der Waals surface area contributed by atoms with Gasteiger partial charge in [0.25, 0.3) is 0 Å². The number of likely N-dealkylation sites (tertiary alicyclic amines) is 1. The van der Waals surface area contributed by atoms with E-state index < -0.39 is 42.5 Å². The summed E-state index contributed by atoms with van der Waals surface area (Å²) < 4.78 is 26.7. The van der Waals surface area contributed by atoms with Gasteiger partial charge in [0.1, 0.15) is 12.4 Å². The zero-order valence-corrected chi connectivity index (χ0v) is 26.9. The first-order valence-corrected chi connectivity index (χ1v) is 16.9. The number of hydrogen-bond donors (Lipinski definition) is 2. The van der Waals surface area contributed by atoms with E-state index in [4.69, 9.17) is 9.39 Å². The molecule has 2 amide bonds. The number of aromatic hydroxyl groups is 1. The summed E-state index contributed by atoms with van der Waals surface area (Å²) in [5.41, 5.74) is 3.89. The fourth-order valence-corrected chi connectivity index (χ4v) is 7.98. The number of para-hydroxylation sites is 1. The normalized spacial score (nSPS) is 22.6. The van der Waals surface area contributed by atoms with Gasteiger partial charge in [0, 0.05) is 11.1 Å². The van der Waals surface area contributed by atoms with Crippen LogP contribution in [0.1, 0.15) is 35.4 Å². The van der Waals surface area contributed by atoms with E-state index in [2.05, 4.69) is 4.98 Å². The van der Waals surface area contributed by atoms with Crippen LogP contribution in [0.15, 0.2) is 102 Å². The zero-order chi connectivity index (χ0) is 33.2. The molecule has 0 saturated carbocycles. The van der Waals surface area contributed by atoms with Gasteiger partial charge < -0.3 is 19.5 Å². The van der Waals surface area contributed by atoms with Crippen LogP contribution >= 0.6 is 11.3 Å². The summed E-state index contributed by atoms with van der Waals surface area (Å²) in [6.07, 6.45) is 4.39. The number of aromatic nitrogens is 1. The second kappa shape index (κ2) is 13.9. The van der Waals surface area contributed by atoms with Gasteiger partial charge in [-0.25, -0.2) is 4.39 Å². The molecule has 8 nitrogen and oxygen atoms in total. The lowest BCUT2D eigenvalue weighted by atomic mass is 9.58. The second-order valence-electron chi connectivity index (χ2n) is 12.4. The molecule has 2 aliphatic heterocycles. The number of allylic oxidation sites excluding steroid dienone is 1. The fraction of sp³-hybridized carbons (Fsp3) is 0.270. The molecule has 1 aliphatic carbocycles. The van der Waals surface area contributed by atoms with Crippen molar-refractivity contribution in [1.82, 2.24) is 9.88 Å². The Morgan fingerprint density at radius 1 is 1.06 bits per heavy atom. The number of phenolic OH excluding ortho intramolecular Hbond substituents is 1. The molecule has 11 heteroatoms. The summed E-state index contributed by atoms with van der Waals surface area (Å²) in [7, 11) is -1.12. The number of amides is 2. The highest BCUT2D eigenvalue weighted by Gasteiger charge is 2.57. The van der Waals surface area contributed by atoms with Crippen molar-refractivity contribution >= 4 is 41.9 Å². The van der Waals surface area contributed by atoms with E-state index in [0.717, 1.165) is 21.6 Å². The van der Waals surface area contributed by atoms with Crippen LogP contribution in [0, 0.1) is 23.6 Å². The Labute approximate surface area is 282 Å². The number of hydrogen-bond acceptors (Lipinski definition) is 8. The minimum absolute atomic E-state index is 0.186. The van der Waals surface area contributed by atoms with E-state index in [1.807, 2.05) is 72.1 Å². The Bertz CT molecular complexity index is 1850. The number of carbonyl (C=O) groups excluding carboxylic acids is 2. The van der Waals surface area contributed by atoms with Crippen LogP contribution in [0.2, 0.25) is 6.32 Å². The third-order valence-electron chi connectivity index (χ3n) is 9.43. The van der Waals surface area contributed by atoms with E-state index in [1.54, 1.807) is 12.3 Å². The van der Waals surface area contributed by atoms with Gasteiger partial charge in [-0.15, -0.1) is 11.3 Å². The molecule has 0 radical (unpaired) electrons. The number of ether oxygens (including phenoxy) is 1. The molecule has 3 aliphatic rings. The van der Waals surface area contributed by atoms with Crippen molar-refractivity contribution in [3.8, 4) is 11.5 Å². The van der Waals surface area contributed by atoms with Gasteiger partial charge >= 0.3 is 7.12 Å². The zero-order valence-electron chi connectivity index (χ0n) is 26.1. The summed E-state index contributed by atoms with van der Waals surface area (Å²) in [5, 5.41) is 22.7. The second-order valence-corrected chi connectivity index (χ2v) is 13.4. The number of pyridine rings is 1. The Morgan fingerprint density at radius 2 is 1.90 bits per heavy atom. The molecule has 2 aromatic heterocycles. The van der Waals surface area contributed by atoms with Gasteiger partial charge in [0.05, 0.1) is 30.2 Å². The minimum Gasteiger partial charge on any atom is -0.505 e. The van der Waals surface area contributed by atoms with E-state index in [-0.39, 0.29) is 31.3 Å². The number of halogens is 1. The van der Waals surface area contributed by atoms with Crippen molar-refractivity contribution < 1.29 is 33.5 Å². The molecule has 7 rings (SSSR count). The summed E-state index contributed by atoms with van der Waals surface area (Å²) in [5.74, 6) is -2.39. The number of thiophene rings is 1. The molecule has 2 fully saturated rings. The summed E-state index contributed by atoms with van der Waals surface area (Å²) in [6.45, 7) is 0.454. The molecule has 244 valence electrons. The highest BCUT2D eigenvalue weighted by atomic mass is 32.1. The van der Waals surface area contributed by atoms with Crippen LogP contribution in [0.3, 0.4) is 0 Å². The number of benzene rings is 2. The van der Waals surface area contributed by atoms with E-state index in [9.17, 15) is 24.1 Å². The number of imide groups is 1. The van der Waals surface area contributed by atoms with Crippen molar-refractivity contribution in [2.45, 2.75) is 38.2 Å². The molecule has 0 unspecified atom stereocenters. The fourth-order valence-electron chi connectivity index (χ4n) is 7.29. The van der Waals surface area contributed by atoms with E-state index in [0.29, 0.717) is 36.3 Å². The van der Waals surface area contributed by atoms with Crippen LogP contribution in [0.25, 0.3) is 11.6 Å². The molecule has 2 aromatic carbocycles. The predicted octanol–water partition coefficient (Wildman–Crippen LogP) is 6.38. The lowest BCUT2D eigenvalue weighted by Crippen LogP contribution is -2.46. The summed E-state index contributed by atoms with van der Waals surface area (Å²) in [4.78, 5) is 34.7. The first-order valence-electron chi connectivity index (χ1n) is 16.1. The van der Waals surface area contributed by atoms with Gasteiger partial charge in [0.2, 0.25) is 11.8 Å². The van der Waals surface area contributed by atoms with Gasteiger partial charge in [-0.3, -0.25) is 19.5 Å². The van der Waals surface area contributed by atoms with Crippen LogP contribution in [0.5, 0.6) is 11.5 Å². The number of nitrogens with zero attached hydrogens (tertiary/aromatic N) is 2. The first kappa shape index (κ1) is 32.0. The molecule has 0 spiro atoms. The number of rotatable bonds is 10. The summed E-state index contributed by atoms with van der Waals surface area (Å²) >= 11 is 1.51. The highest BCUT2D eigenvalue weighted by molar-refractivity contribution is 7.09. The maximum atomic E-state index is 14.3. The molecular weight excluding hydrogens is 630 g/mol. The lowest BCUT2D eigenvalue weighted by molar-refractivity contribution is -0.140. The quantitative estimate of drug-likeness (QED) is 0.115. The number of carbonyl (C=O) groups is 2. The van der Waals surface area contributed by atoms with Crippen LogP contribution in [-0.4, -0.2) is 51.7 Å².